The van der Waals surface area contributed by atoms with Crippen molar-refractivity contribution in [3.63, 3.8) is 0 Å². The number of aromatic nitrogens is 1. The summed E-state index contributed by atoms with van der Waals surface area (Å²) in [5.74, 6) is 0.0411. The molecular weight excluding hydrogens is 240 g/mol. The van der Waals surface area contributed by atoms with Crippen molar-refractivity contribution in [2.45, 2.75) is 26.3 Å². The van der Waals surface area contributed by atoms with Gasteiger partial charge in [-0.15, -0.1) is 0 Å². The van der Waals surface area contributed by atoms with E-state index in [1.165, 1.54) is 0 Å². The predicted molar refractivity (Wildman–Crippen MR) is 65.9 cm³/mol. The van der Waals surface area contributed by atoms with Gasteiger partial charge in [0.05, 0.1) is 18.0 Å². The summed E-state index contributed by atoms with van der Waals surface area (Å²) in [5.41, 5.74) is 1.70. The molecule has 0 bridgehead atoms. The summed E-state index contributed by atoms with van der Waals surface area (Å²) in [6, 6.07) is 3.71. The lowest BCUT2D eigenvalue weighted by molar-refractivity contribution is 0.287. The van der Waals surface area contributed by atoms with Crippen molar-refractivity contribution in [1.29, 1.82) is 0 Å². The molecule has 6 heteroatoms. The van der Waals surface area contributed by atoms with Crippen LogP contribution in [0.5, 0.6) is 0 Å². The molecule has 0 aliphatic carbocycles. The smallest absolute Gasteiger partial charge is 0.211 e. The Bertz CT molecular complexity index is 446. The average molecular weight is 258 g/mol. The van der Waals surface area contributed by atoms with E-state index in [0.29, 0.717) is 12.8 Å². The van der Waals surface area contributed by atoms with Crippen LogP contribution >= 0.6 is 0 Å². The molecule has 17 heavy (non-hydrogen) atoms. The molecule has 1 heterocycles. The molecule has 96 valence electrons. The lowest BCUT2D eigenvalue weighted by Crippen LogP contribution is -2.26. The van der Waals surface area contributed by atoms with E-state index >= 15 is 0 Å². The second-order valence-electron chi connectivity index (χ2n) is 3.84. The molecule has 0 radical (unpaired) electrons. The zero-order chi connectivity index (χ0) is 12.7. The maximum absolute atomic E-state index is 11.6. The van der Waals surface area contributed by atoms with Crippen molar-refractivity contribution in [2.24, 2.45) is 0 Å². The fourth-order valence-corrected chi connectivity index (χ4v) is 2.44. The lowest BCUT2D eigenvalue weighted by atomic mass is 10.2. The summed E-state index contributed by atoms with van der Waals surface area (Å²) >= 11 is 0. The Morgan fingerprint density at radius 1 is 1.41 bits per heavy atom. The quantitative estimate of drug-likeness (QED) is 0.701. The molecule has 0 unspecified atom stereocenters. The van der Waals surface area contributed by atoms with E-state index in [0.717, 1.165) is 11.3 Å². The molecule has 2 N–H and O–H groups in total. The van der Waals surface area contributed by atoms with Crippen molar-refractivity contribution in [2.75, 3.05) is 12.4 Å². The first kappa shape index (κ1) is 14.1. The maximum Gasteiger partial charge on any atom is 0.211 e. The first-order valence-electron chi connectivity index (χ1n) is 5.54. The lowest BCUT2D eigenvalue weighted by Gasteiger charge is -2.07. The molecule has 0 saturated carbocycles. The number of aryl methyl sites for hydroxylation is 1. The van der Waals surface area contributed by atoms with Gasteiger partial charge in [0.25, 0.3) is 0 Å². The number of rotatable bonds is 7. The number of hydrogen-bond donors (Lipinski definition) is 2. The number of aliphatic hydroxyl groups is 1. The zero-order valence-electron chi connectivity index (χ0n) is 9.89. The van der Waals surface area contributed by atoms with Crippen LogP contribution in [0.15, 0.2) is 18.3 Å². The third-order valence-electron chi connectivity index (χ3n) is 2.40. The van der Waals surface area contributed by atoms with Gasteiger partial charge in [-0.1, -0.05) is 6.07 Å². The molecule has 5 nitrogen and oxygen atoms in total. The molecule has 1 aromatic rings. The van der Waals surface area contributed by atoms with Gasteiger partial charge in [-0.2, -0.15) is 0 Å². The second kappa shape index (κ2) is 6.68. The first-order chi connectivity index (χ1) is 8.05. The van der Waals surface area contributed by atoms with E-state index in [1.807, 2.05) is 19.1 Å². The standard InChI is InChI=1S/C11H18N2O3S/c1-10-5-4-6-12-11(10)9-13-17(15,16)8-3-2-7-14/h4-6,13-14H,2-3,7-9H2,1H3. The van der Waals surface area contributed by atoms with Crippen molar-refractivity contribution in [3.8, 4) is 0 Å². The van der Waals surface area contributed by atoms with Crippen LogP contribution < -0.4 is 4.72 Å². The highest BCUT2D eigenvalue weighted by Gasteiger charge is 2.10. The van der Waals surface area contributed by atoms with E-state index in [9.17, 15) is 8.42 Å². The van der Waals surface area contributed by atoms with Gasteiger partial charge >= 0.3 is 0 Å². The normalized spacial score (nSPS) is 11.6. The molecule has 0 spiro atoms. The number of pyridine rings is 1. The van der Waals surface area contributed by atoms with Crippen molar-refractivity contribution < 1.29 is 13.5 Å². The molecule has 0 aliphatic rings. The number of aliphatic hydroxyl groups excluding tert-OH is 1. The Balaban J connectivity index is 2.47. The molecule has 0 fully saturated rings. The summed E-state index contributed by atoms with van der Waals surface area (Å²) in [5, 5.41) is 8.58. The fourth-order valence-electron chi connectivity index (χ4n) is 1.36. The van der Waals surface area contributed by atoms with Gasteiger partial charge in [0.15, 0.2) is 0 Å². The number of sulfonamides is 1. The van der Waals surface area contributed by atoms with Crippen LogP contribution in [0.4, 0.5) is 0 Å². The summed E-state index contributed by atoms with van der Waals surface area (Å²) in [7, 11) is -3.27. The predicted octanol–water partition coefficient (Wildman–Crippen LogP) is 0.582. The van der Waals surface area contributed by atoms with Gasteiger partial charge < -0.3 is 5.11 Å². The summed E-state index contributed by atoms with van der Waals surface area (Å²) in [6.45, 7) is 2.13. The Morgan fingerprint density at radius 2 is 2.18 bits per heavy atom. The minimum atomic E-state index is -3.27. The molecule has 1 aromatic heterocycles. The third-order valence-corrected chi connectivity index (χ3v) is 3.81. The number of nitrogens with zero attached hydrogens (tertiary/aromatic N) is 1. The van der Waals surface area contributed by atoms with Crippen LogP contribution in [0, 0.1) is 6.92 Å². The van der Waals surface area contributed by atoms with Crippen LogP contribution in [-0.2, 0) is 16.6 Å². The van der Waals surface area contributed by atoms with E-state index < -0.39 is 10.0 Å². The molecular formula is C11H18N2O3S. The second-order valence-corrected chi connectivity index (χ2v) is 5.76. The monoisotopic (exact) mass is 258 g/mol. The van der Waals surface area contributed by atoms with E-state index in [1.54, 1.807) is 6.20 Å². The molecule has 0 atom stereocenters. The average Bonchev–Trinajstić information content (AvgIpc) is 2.28. The minimum absolute atomic E-state index is 0.0227. The van der Waals surface area contributed by atoms with E-state index in [2.05, 4.69) is 9.71 Å². The Labute approximate surface area is 102 Å². The van der Waals surface area contributed by atoms with Crippen molar-refractivity contribution >= 4 is 10.0 Å². The number of unbranched alkanes of at least 4 members (excludes halogenated alkanes) is 1. The number of hydrogen-bond acceptors (Lipinski definition) is 4. The highest BCUT2D eigenvalue weighted by atomic mass is 32.2. The van der Waals surface area contributed by atoms with Crippen LogP contribution in [-0.4, -0.2) is 30.9 Å². The largest absolute Gasteiger partial charge is 0.396 e. The van der Waals surface area contributed by atoms with Crippen LogP contribution in [0.3, 0.4) is 0 Å². The van der Waals surface area contributed by atoms with Gasteiger partial charge in [0.1, 0.15) is 0 Å². The van der Waals surface area contributed by atoms with Crippen LogP contribution in [0.2, 0.25) is 0 Å². The molecule has 0 amide bonds. The summed E-state index contributed by atoms with van der Waals surface area (Å²) in [6.07, 6.45) is 2.61. The molecule has 0 saturated heterocycles. The van der Waals surface area contributed by atoms with Gasteiger partial charge in [-0.3, -0.25) is 4.98 Å². The summed E-state index contributed by atoms with van der Waals surface area (Å²) in [4.78, 5) is 4.11. The SMILES string of the molecule is Cc1cccnc1CNS(=O)(=O)CCCCO. The third kappa shape index (κ3) is 5.25. The molecule has 0 aromatic carbocycles. The Morgan fingerprint density at radius 3 is 2.82 bits per heavy atom. The van der Waals surface area contributed by atoms with E-state index in [-0.39, 0.29) is 18.9 Å². The molecule has 1 rings (SSSR count). The first-order valence-corrected chi connectivity index (χ1v) is 7.19. The highest BCUT2D eigenvalue weighted by Crippen LogP contribution is 2.03. The van der Waals surface area contributed by atoms with Gasteiger partial charge in [0, 0.05) is 12.8 Å². The summed E-state index contributed by atoms with van der Waals surface area (Å²) < 4.78 is 25.6. The number of nitrogens with one attached hydrogen (secondary N) is 1. The van der Waals surface area contributed by atoms with Crippen molar-refractivity contribution in [1.82, 2.24) is 9.71 Å². The Kier molecular flexibility index (Phi) is 5.54. The van der Waals surface area contributed by atoms with Crippen LogP contribution in [0.1, 0.15) is 24.1 Å². The Hall–Kier alpha value is -0.980. The maximum atomic E-state index is 11.6. The van der Waals surface area contributed by atoms with Crippen molar-refractivity contribution in [3.05, 3.63) is 29.6 Å². The van der Waals surface area contributed by atoms with Gasteiger partial charge in [0.2, 0.25) is 10.0 Å². The molecule has 0 aliphatic heterocycles. The topological polar surface area (TPSA) is 79.3 Å². The van der Waals surface area contributed by atoms with Gasteiger partial charge in [-0.25, -0.2) is 13.1 Å². The van der Waals surface area contributed by atoms with Crippen LogP contribution in [0.25, 0.3) is 0 Å². The fraction of sp³-hybridized carbons (Fsp3) is 0.545. The van der Waals surface area contributed by atoms with Gasteiger partial charge in [-0.05, 0) is 31.4 Å². The van der Waals surface area contributed by atoms with E-state index in [4.69, 9.17) is 5.11 Å². The minimum Gasteiger partial charge on any atom is -0.396 e. The highest BCUT2D eigenvalue weighted by molar-refractivity contribution is 7.89. The zero-order valence-corrected chi connectivity index (χ0v) is 10.7.